The fourth-order valence-corrected chi connectivity index (χ4v) is 2.06. The van der Waals surface area contributed by atoms with Crippen LogP contribution in [0, 0.1) is 0 Å². The fraction of sp³-hybridized carbons (Fsp3) is 0.455. The van der Waals surface area contributed by atoms with Crippen molar-refractivity contribution in [1.29, 1.82) is 0 Å². The lowest BCUT2D eigenvalue weighted by molar-refractivity contribution is 0.356. The van der Waals surface area contributed by atoms with Gasteiger partial charge in [-0.05, 0) is 29.2 Å². The van der Waals surface area contributed by atoms with E-state index in [1.54, 1.807) is 0 Å². The summed E-state index contributed by atoms with van der Waals surface area (Å²) >= 11 is 6.15. The van der Waals surface area contributed by atoms with E-state index in [-0.39, 0.29) is 0 Å². The van der Waals surface area contributed by atoms with Crippen molar-refractivity contribution in [3.63, 3.8) is 0 Å². The summed E-state index contributed by atoms with van der Waals surface area (Å²) < 4.78 is 5.49. The molecular formula is C11H13ClO. The van der Waals surface area contributed by atoms with Gasteiger partial charge in [-0.1, -0.05) is 25.4 Å². The first-order chi connectivity index (χ1) is 6.18. The van der Waals surface area contributed by atoms with Crippen LogP contribution in [-0.4, -0.2) is 6.61 Å². The average Bonchev–Trinajstić information content (AvgIpc) is 2.48. The monoisotopic (exact) mass is 196 g/mol. The number of rotatable bonds is 1. The van der Waals surface area contributed by atoms with E-state index in [0.29, 0.717) is 5.92 Å². The number of hydrogen-bond donors (Lipinski definition) is 0. The van der Waals surface area contributed by atoms with Gasteiger partial charge in [0.05, 0.1) is 6.61 Å². The highest BCUT2D eigenvalue weighted by atomic mass is 35.5. The summed E-state index contributed by atoms with van der Waals surface area (Å²) in [6.45, 7) is 5.08. The molecule has 0 aromatic heterocycles. The summed E-state index contributed by atoms with van der Waals surface area (Å²) in [5, 5.41) is 0.874. The van der Waals surface area contributed by atoms with Gasteiger partial charge in [-0.25, -0.2) is 0 Å². The van der Waals surface area contributed by atoms with Crippen LogP contribution < -0.4 is 4.74 Å². The van der Waals surface area contributed by atoms with Gasteiger partial charge in [0.2, 0.25) is 0 Å². The molecule has 1 aromatic rings. The van der Waals surface area contributed by atoms with Crippen molar-refractivity contribution in [2.45, 2.75) is 26.2 Å². The van der Waals surface area contributed by atoms with Crippen molar-refractivity contribution < 1.29 is 4.74 Å². The van der Waals surface area contributed by atoms with E-state index in [0.717, 1.165) is 23.8 Å². The molecule has 0 saturated heterocycles. The van der Waals surface area contributed by atoms with E-state index >= 15 is 0 Å². The van der Waals surface area contributed by atoms with E-state index < -0.39 is 0 Å². The Hall–Kier alpha value is -0.690. The zero-order chi connectivity index (χ0) is 9.42. The van der Waals surface area contributed by atoms with E-state index in [4.69, 9.17) is 16.3 Å². The molecule has 0 spiro atoms. The van der Waals surface area contributed by atoms with E-state index in [1.165, 1.54) is 11.1 Å². The Balaban J connectivity index is 2.49. The third-order valence-corrected chi connectivity index (χ3v) is 2.76. The van der Waals surface area contributed by atoms with Gasteiger partial charge in [-0.3, -0.25) is 0 Å². The molecular weight excluding hydrogens is 184 g/mol. The van der Waals surface area contributed by atoms with Crippen LogP contribution in [0.25, 0.3) is 0 Å². The Morgan fingerprint density at radius 2 is 2.15 bits per heavy atom. The molecule has 1 aromatic carbocycles. The molecule has 0 amide bonds. The van der Waals surface area contributed by atoms with Gasteiger partial charge >= 0.3 is 0 Å². The van der Waals surface area contributed by atoms with Crippen molar-refractivity contribution in [2.24, 2.45) is 0 Å². The van der Waals surface area contributed by atoms with Crippen LogP contribution in [-0.2, 0) is 6.42 Å². The van der Waals surface area contributed by atoms with Gasteiger partial charge in [-0.15, -0.1) is 0 Å². The second-order valence-corrected chi connectivity index (χ2v) is 4.14. The predicted octanol–water partition coefficient (Wildman–Crippen LogP) is 3.40. The molecule has 1 heterocycles. The number of hydrogen-bond acceptors (Lipinski definition) is 1. The summed E-state index contributed by atoms with van der Waals surface area (Å²) in [5.41, 5.74) is 2.43. The molecule has 0 saturated carbocycles. The van der Waals surface area contributed by atoms with Gasteiger partial charge in [0.1, 0.15) is 5.75 Å². The Bertz CT molecular complexity index is 331. The maximum Gasteiger partial charge on any atom is 0.123 e. The highest BCUT2D eigenvalue weighted by molar-refractivity contribution is 6.31. The Kier molecular flexibility index (Phi) is 2.20. The maximum atomic E-state index is 6.15. The molecule has 0 bridgehead atoms. The van der Waals surface area contributed by atoms with Crippen molar-refractivity contribution in [2.75, 3.05) is 6.61 Å². The fourth-order valence-electron chi connectivity index (χ4n) is 1.65. The number of fused-ring (bicyclic) bond motifs is 1. The molecule has 0 radical (unpaired) electrons. The predicted molar refractivity (Wildman–Crippen MR) is 54.7 cm³/mol. The molecule has 1 nitrogen and oxygen atoms in total. The lowest BCUT2D eigenvalue weighted by atomic mass is 10.0. The highest BCUT2D eigenvalue weighted by Crippen LogP contribution is 2.34. The quantitative estimate of drug-likeness (QED) is 0.669. The summed E-state index contributed by atoms with van der Waals surface area (Å²) in [7, 11) is 0. The minimum atomic E-state index is 0.460. The summed E-state index contributed by atoms with van der Waals surface area (Å²) in [6.07, 6.45) is 0.993. The standard InChI is InChI=1S/C11H13ClO/c1-7(2)9-6-11-8(3-4-13-11)5-10(9)12/h5-7H,3-4H2,1-2H3. The molecule has 13 heavy (non-hydrogen) atoms. The molecule has 0 atom stereocenters. The largest absolute Gasteiger partial charge is 0.493 e. The summed E-state index contributed by atoms with van der Waals surface area (Å²) in [6, 6.07) is 4.12. The van der Waals surface area contributed by atoms with Crippen molar-refractivity contribution >= 4 is 11.6 Å². The Morgan fingerprint density at radius 1 is 1.38 bits per heavy atom. The average molecular weight is 197 g/mol. The molecule has 2 heteroatoms. The number of benzene rings is 1. The molecule has 0 aliphatic carbocycles. The van der Waals surface area contributed by atoms with Gasteiger partial charge < -0.3 is 4.74 Å². The zero-order valence-electron chi connectivity index (χ0n) is 7.93. The Morgan fingerprint density at radius 3 is 2.85 bits per heavy atom. The second-order valence-electron chi connectivity index (χ2n) is 3.73. The van der Waals surface area contributed by atoms with Crippen LogP contribution in [0.2, 0.25) is 5.02 Å². The van der Waals surface area contributed by atoms with Crippen molar-refractivity contribution in [1.82, 2.24) is 0 Å². The molecule has 0 unspecified atom stereocenters. The minimum Gasteiger partial charge on any atom is -0.493 e. The molecule has 70 valence electrons. The smallest absolute Gasteiger partial charge is 0.123 e. The second kappa shape index (κ2) is 3.22. The molecule has 2 rings (SSSR count). The molecule has 0 fully saturated rings. The first kappa shape index (κ1) is 8.89. The van der Waals surface area contributed by atoms with Crippen LogP contribution in [0.5, 0.6) is 5.75 Å². The van der Waals surface area contributed by atoms with E-state index in [1.807, 2.05) is 6.07 Å². The van der Waals surface area contributed by atoms with Crippen LogP contribution in [0.1, 0.15) is 30.9 Å². The van der Waals surface area contributed by atoms with Crippen LogP contribution in [0.3, 0.4) is 0 Å². The maximum absolute atomic E-state index is 6.15. The molecule has 1 aliphatic rings. The minimum absolute atomic E-state index is 0.460. The van der Waals surface area contributed by atoms with Gasteiger partial charge in [0, 0.05) is 11.4 Å². The van der Waals surface area contributed by atoms with Crippen molar-refractivity contribution in [3.05, 3.63) is 28.3 Å². The number of ether oxygens (including phenoxy) is 1. The van der Waals surface area contributed by atoms with Crippen LogP contribution in [0.15, 0.2) is 12.1 Å². The van der Waals surface area contributed by atoms with Crippen molar-refractivity contribution in [3.8, 4) is 5.75 Å². The van der Waals surface area contributed by atoms with Gasteiger partial charge in [0.25, 0.3) is 0 Å². The van der Waals surface area contributed by atoms with Crippen LogP contribution >= 0.6 is 11.6 Å². The van der Waals surface area contributed by atoms with E-state index in [2.05, 4.69) is 19.9 Å². The normalized spacial score (nSPS) is 14.5. The topological polar surface area (TPSA) is 9.23 Å². The Labute approximate surface area is 83.7 Å². The lowest BCUT2D eigenvalue weighted by Crippen LogP contribution is -1.90. The molecule has 1 aliphatic heterocycles. The summed E-state index contributed by atoms with van der Waals surface area (Å²) in [5.74, 6) is 1.48. The van der Waals surface area contributed by atoms with Gasteiger partial charge in [-0.2, -0.15) is 0 Å². The lowest BCUT2D eigenvalue weighted by Gasteiger charge is -2.09. The first-order valence-electron chi connectivity index (χ1n) is 4.63. The first-order valence-corrected chi connectivity index (χ1v) is 5.01. The highest BCUT2D eigenvalue weighted by Gasteiger charge is 2.16. The van der Waals surface area contributed by atoms with E-state index in [9.17, 15) is 0 Å². The number of halogens is 1. The third kappa shape index (κ3) is 1.53. The zero-order valence-corrected chi connectivity index (χ0v) is 8.69. The summed E-state index contributed by atoms with van der Waals surface area (Å²) in [4.78, 5) is 0. The van der Waals surface area contributed by atoms with Crippen LogP contribution in [0.4, 0.5) is 0 Å². The SMILES string of the molecule is CC(C)c1cc2c(cc1Cl)CCO2. The molecule has 0 N–H and O–H groups in total. The van der Waals surface area contributed by atoms with Gasteiger partial charge in [0.15, 0.2) is 0 Å². The third-order valence-electron chi connectivity index (χ3n) is 2.43.